The molecule has 3 rings (SSSR count). The number of imidazole rings is 1. The van der Waals surface area contributed by atoms with E-state index in [0.29, 0.717) is 0 Å². The van der Waals surface area contributed by atoms with E-state index in [1.807, 2.05) is 0 Å². The Labute approximate surface area is 89.3 Å². The number of benzene rings is 1. The van der Waals surface area contributed by atoms with Crippen molar-refractivity contribution in [2.24, 2.45) is 0 Å². The summed E-state index contributed by atoms with van der Waals surface area (Å²) < 4.78 is 2.36. The summed E-state index contributed by atoms with van der Waals surface area (Å²) in [6.45, 7) is 3.23. The highest BCUT2D eigenvalue weighted by Gasteiger charge is 2.15. The number of aromatic nitrogens is 2. The van der Waals surface area contributed by atoms with Gasteiger partial charge in [-0.15, -0.1) is 0 Å². The maximum atomic E-state index is 4.68. The van der Waals surface area contributed by atoms with Crippen LogP contribution in [-0.4, -0.2) is 28.0 Å². The van der Waals surface area contributed by atoms with E-state index in [1.54, 1.807) is 0 Å². The number of hydrogen-bond donors (Lipinski definition) is 0. The Hall–Kier alpha value is -1.35. The maximum Gasteiger partial charge on any atom is 0.124 e. The molecular weight excluding hydrogens is 186 g/mol. The summed E-state index contributed by atoms with van der Waals surface area (Å²) in [6, 6.07) is 8.40. The van der Waals surface area contributed by atoms with Gasteiger partial charge in [0.15, 0.2) is 0 Å². The fourth-order valence-corrected chi connectivity index (χ4v) is 2.31. The molecule has 1 aliphatic rings. The second kappa shape index (κ2) is 3.35. The van der Waals surface area contributed by atoms with Crippen LogP contribution in [0.2, 0.25) is 0 Å². The minimum absolute atomic E-state index is 0.967. The van der Waals surface area contributed by atoms with Crippen LogP contribution in [0, 0.1) is 0 Å². The minimum Gasteiger partial charge on any atom is -0.327 e. The van der Waals surface area contributed by atoms with Crippen LogP contribution < -0.4 is 0 Å². The van der Waals surface area contributed by atoms with Gasteiger partial charge in [-0.3, -0.25) is 4.90 Å². The van der Waals surface area contributed by atoms with Gasteiger partial charge in [-0.25, -0.2) is 4.98 Å². The van der Waals surface area contributed by atoms with E-state index in [0.717, 1.165) is 25.2 Å². The Morgan fingerprint density at radius 1 is 1.20 bits per heavy atom. The van der Waals surface area contributed by atoms with Gasteiger partial charge in [-0.2, -0.15) is 0 Å². The van der Waals surface area contributed by atoms with Crippen molar-refractivity contribution >= 4 is 11.0 Å². The van der Waals surface area contributed by atoms with Crippen molar-refractivity contribution in [2.75, 3.05) is 13.6 Å². The fourth-order valence-electron chi connectivity index (χ4n) is 2.31. The van der Waals surface area contributed by atoms with Crippen LogP contribution in [0.15, 0.2) is 24.3 Å². The highest BCUT2D eigenvalue weighted by molar-refractivity contribution is 5.75. The quantitative estimate of drug-likeness (QED) is 0.649. The second-order valence-electron chi connectivity index (χ2n) is 4.26. The normalized spacial score (nSPS) is 17.7. The molecular formula is C12H15N3. The smallest absolute Gasteiger partial charge is 0.124 e. The molecule has 0 atom stereocenters. The van der Waals surface area contributed by atoms with E-state index in [4.69, 9.17) is 0 Å². The molecule has 0 unspecified atom stereocenters. The number of rotatable bonds is 0. The summed E-state index contributed by atoms with van der Waals surface area (Å²) in [5, 5.41) is 0. The van der Waals surface area contributed by atoms with Gasteiger partial charge in [0.05, 0.1) is 17.6 Å². The first-order valence-corrected chi connectivity index (χ1v) is 5.47. The van der Waals surface area contributed by atoms with Crippen LogP contribution in [0.25, 0.3) is 11.0 Å². The van der Waals surface area contributed by atoms with Gasteiger partial charge < -0.3 is 4.57 Å². The first kappa shape index (κ1) is 8.92. The average Bonchev–Trinajstić information content (AvgIpc) is 2.46. The van der Waals surface area contributed by atoms with Crippen molar-refractivity contribution in [1.29, 1.82) is 0 Å². The van der Waals surface area contributed by atoms with Gasteiger partial charge in [0.2, 0.25) is 0 Å². The molecule has 1 aromatic heterocycles. The van der Waals surface area contributed by atoms with Crippen molar-refractivity contribution in [3.8, 4) is 0 Å². The molecule has 0 fully saturated rings. The van der Waals surface area contributed by atoms with Crippen LogP contribution in [-0.2, 0) is 13.1 Å². The molecule has 1 aliphatic heterocycles. The molecule has 0 amide bonds. The molecule has 1 aromatic carbocycles. The van der Waals surface area contributed by atoms with Crippen molar-refractivity contribution in [3.63, 3.8) is 0 Å². The number of para-hydroxylation sites is 2. The van der Waals surface area contributed by atoms with Crippen LogP contribution in [0.3, 0.4) is 0 Å². The lowest BCUT2D eigenvalue weighted by Crippen LogP contribution is -2.17. The Balaban J connectivity index is 2.19. The van der Waals surface area contributed by atoms with E-state index < -0.39 is 0 Å². The van der Waals surface area contributed by atoms with E-state index in [1.165, 1.54) is 17.8 Å². The second-order valence-corrected chi connectivity index (χ2v) is 4.26. The van der Waals surface area contributed by atoms with Gasteiger partial charge in [0.1, 0.15) is 5.82 Å². The zero-order valence-corrected chi connectivity index (χ0v) is 8.98. The highest BCUT2D eigenvalue weighted by atomic mass is 15.2. The van der Waals surface area contributed by atoms with Crippen molar-refractivity contribution in [3.05, 3.63) is 30.1 Å². The van der Waals surface area contributed by atoms with Gasteiger partial charge in [-0.05, 0) is 25.6 Å². The summed E-state index contributed by atoms with van der Waals surface area (Å²) in [4.78, 5) is 7.02. The van der Waals surface area contributed by atoms with Gasteiger partial charge >= 0.3 is 0 Å². The first-order chi connectivity index (χ1) is 7.34. The lowest BCUT2D eigenvalue weighted by atomic mass is 10.3. The van der Waals surface area contributed by atoms with E-state index >= 15 is 0 Å². The predicted molar refractivity (Wildman–Crippen MR) is 60.7 cm³/mol. The molecule has 0 aliphatic carbocycles. The number of fused-ring (bicyclic) bond motifs is 3. The lowest BCUT2D eigenvalue weighted by molar-refractivity contribution is 0.329. The minimum atomic E-state index is 0.967. The van der Waals surface area contributed by atoms with E-state index in [9.17, 15) is 0 Å². The van der Waals surface area contributed by atoms with Crippen molar-refractivity contribution < 1.29 is 0 Å². The van der Waals surface area contributed by atoms with Crippen LogP contribution >= 0.6 is 0 Å². The summed E-state index contributed by atoms with van der Waals surface area (Å²) in [5.74, 6) is 1.20. The molecule has 2 aromatic rings. The molecule has 0 bridgehead atoms. The summed E-state index contributed by atoms with van der Waals surface area (Å²) in [6.07, 6.45) is 1.21. The van der Waals surface area contributed by atoms with E-state index in [-0.39, 0.29) is 0 Å². The van der Waals surface area contributed by atoms with Gasteiger partial charge in [-0.1, -0.05) is 12.1 Å². The SMILES string of the molecule is CN1CCCn2c(nc3ccccc32)C1. The summed E-state index contributed by atoms with van der Waals surface area (Å²) in [5.41, 5.74) is 2.41. The van der Waals surface area contributed by atoms with Crippen LogP contribution in [0.1, 0.15) is 12.2 Å². The Morgan fingerprint density at radius 3 is 3.00 bits per heavy atom. The number of aryl methyl sites for hydroxylation is 1. The Bertz CT molecular complexity index is 487. The highest BCUT2D eigenvalue weighted by Crippen LogP contribution is 2.19. The topological polar surface area (TPSA) is 21.1 Å². The fraction of sp³-hybridized carbons (Fsp3) is 0.417. The third kappa shape index (κ3) is 1.43. The zero-order valence-electron chi connectivity index (χ0n) is 8.98. The molecule has 3 heteroatoms. The summed E-state index contributed by atoms with van der Waals surface area (Å²) in [7, 11) is 2.16. The first-order valence-electron chi connectivity index (χ1n) is 5.47. The molecule has 0 N–H and O–H groups in total. The lowest BCUT2D eigenvalue weighted by Gasteiger charge is -2.10. The maximum absolute atomic E-state index is 4.68. The monoisotopic (exact) mass is 201 g/mol. The van der Waals surface area contributed by atoms with Gasteiger partial charge in [0, 0.05) is 13.1 Å². The molecule has 0 spiro atoms. The van der Waals surface area contributed by atoms with Crippen molar-refractivity contribution in [2.45, 2.75) is 19.5 Å². The Kier molecular flexibility index (Phi) is 1.99. The third-order valence-electron chi connectivity index (χ3n) is 3.07. The average molecular weight is 201 g/mol. The molecule has 78 valence electrons. The third-order valence-corrected chi connectivity index (χ3v) is 3.07. The molecule has 15 heavy (non-hydrogen) atoms. The molecule has 2 heterocycles. The standard InChI is InChI=1S/C12H15N3/c1-14-7-4-8-15-11-6-3-2-5-10(11)13-12(15)9-14/h2-3,5-6H,4,7-9H2,1H3. The molecule has 0 saturated heterocycles. The van der Waals surface area contributed by atoms with Crippen LogP contribution in [0.5, 0.6) is 0 Å². The van der Waals surface area contributed by atoms with Crippen LogP contribution in [0.4, 0.5) is 0 Å². The number of nitrogens with zero attached hydrogens (tertiary/aromatic N) is 3. The zero-order chi connectivity index (χ0) is 10.3. The molecule has 3 nitrogen and oxygen atoms in total. The predicted octanol–water partition coefficient (Wildman–Crippen LogP) is 1.87. The summed E-state index contributed by atoms with van der Waals surface area (Å²) >= 11 is 0. The van der Waals surface area contributed by atoms with Crippen molar-refractivity contribution in [1.82, 2.24) is 14.5 Å². The Morgan fingerprint density at radius 2 is 2.07 bits per heavy atom. The van der Waals surface area contributed by atoms with Gasteiger partial charge in [0.25, 0.3) is 0 Å². The van der Waals surface area contributed by atoms with E-state index in [2.05, 4.69) is 45.8 Å². The number of hydrogen-bond acceptors (Lipinski definition) is 2. The molecule has 0 radical (unpaired) electrons. The largest absolute Gasteiger partial charge is 0.327 e. The molecule has 0 saturated carbocycles.